The van der Waals surface area contributed by atoms with E-state index in [0.717, 1.165) is 99.9 Å². The number of benzene rings is 14. The monoisotopic (exact) mass is 1140 g/mol. The molecule has 0 bridgehead atoms. The number of hydrogen-bond acceptors (Lipinski definition) is 1. The maximum atomic E-state index is 6.48. The van der Waals surface area contributed by atoms with E-state index in [1.165, 1.54) is 53.4 Å². The summed E-state index contributed by atoms with van der Waals surface area (Å²) >= 11 is 0. The second-order valence-corrected chi connectivity index (χ2v) is 26.8. The van der Waals surface area contributed by atoms with Crippen LogP contribution >= 0.6 is 0 Å². The third-order valence-electron chi connectivity index (χ3n) is 18.3. The van der Waals surface area contributed by atoms with Crippen LogP contribution in [0.25, 0.3) is 133 Å². The fourth-order valence-corrected chi connectivity index (χ4v) is 19.3. The van der Waals surface area contributed by atoms with Crippen molar-refractivity contribution in [1.82, 2.24) is 9.13 Å². The summed E-state index contributed by atoms with van der Waals surface area (Å²) < 4.78 is 11.6. The van der Waals surface area contributed by atoms with Crippen LogP contribution in [0.5, 0.6) is 0 Å². The number of rotatable bonds is 11. The van der Waals surface area contributed by atoms with Gasteiger partial charge in [-0.2, -0.15) is 0 Å². The van der Waals surface area contributed by atoms with E-state index in [1.807, 2.05) is 6.07 Å². The van der Waals surface area contributed by atoms with Gasteiger partial charge in [-0.1, -0.05) is 297 Å². The number of fused-ring (bicyclic) bond motifs is 9. The van der Waals surface area contributed by atoms with Crippen LogP contribution in [0.3, 0.4) is 0 Å². The number of aromatic nitrogens is 2. The Kier molecular flexibility index (Phi) is 12.2. The molecule has 3 heterocycles. The quantitative estimate of drug-likeness (QED) is 0.0935. The highest BCUT2D eigenvalue weighted by Gasteiger charge is 2.43. The second-order valence-electron chi connectivity index (χ2n) is 23.0. The van der Waals surface area contributed by atoms with Gasteiger partial charge in [0.2, 0.25) is 0 Å². The lowest BCUT2D eigenvalue weighted by Crippen LogP contribution is -2.74. The molecule has 0 fully saturated rings. The highest BCUT2D eigenvalue weighted by molar-refractivity contribution is 7.20. The molecule has 0 aliphatic rings. The fourth-order valence-electron chi connectivity index (χ4n) is 14.5. The summed E-state index contributed by atoms with van der Waals surface area (Å²) in [5.41, 5.74) is 20.2. The first-order valence-electron chi connectivity index (χ1n) is 30.3. The first-order chi connectivity index (χ1) is 43.7. The molecule has 14 aromatic carbocycles. The van der Waals surface area contributed by atoms with Gasteiger partial charge in [-0.05, 0) is 102 Å². The van der Waals surface area contributed by atoms with E-state index in [2.05, 4.69) is 343 Å². The van der Waals surface area contributed by atoms with Crippen LogP contribution in [-0.2, 0) is 0 Å². The van der Waals surface area contributed by atoms with E-state index in [4.69, 9.17) is 4.42 Å². The minimum atomic E-state index is -3.18. The van der Waals surface area contributed by atoms with Crippen LogP contribution < -0.4 is 20.7 Å². The van der Waals surface area contributed by atoms with Crippen LogP contribution in [0.15, 0.2) is 344 Å². The van der Waals surface area contributed by atoms with Gasteiger partial charge >= 0.3 is 0 Å². The van der Waals surface area contributed by atoms with Crippen LogP contribution in [0.4, 0.5) is 0 Å². The summed E-state index contributed by atoms with van der Waals surface area (Å²) in [6.07, 6.45) is 0. The standard InChI is InChI=1S/C84H56N2OSi/c1-6-27-57(28-7-1)60-33-24-38-64(53-60)88(62-34-12-4-13-35-62,63-36-14-5-15-37-63)65-55-74(58-29-8-2-9-30-58)84(75(56-65)59-31-10-3-11-32-59)86-78-48-22-19-42-69(78)76-54-61(51-52-79(76)86)85-77-47-21-18-41-68(77)72-46-25-45-71(83(72)85)67-40-17-16-39-66(67)70-44-26-50-81-82(70)73-43-20-23-49-80(73)87-81/h1-56H. The molecule has 17 rings (SSSR count). The molecule has 0 amide bonds. The van der Waals surface area contributed by atoms with E-state index >= 15 is 0 Å². The first-order valence-corrected chi connectivity index (χ1v) is 32.3. The summed E-state index contributed by atoms with van der Waals surface area (Å²) in [4.78, 5) is 0. The number of furan rings is 1. The third kappa shape index (κ3) is 8.11. The van der Waals surface area contributed by atoms with Crippen LogP contribution in [0.2, 0.25) is 0 Å². The van der Waals surface area contributed by atoms with Crippen molar-refractivity contribution in [3.8, 4) is 67.0 Å². The van der Waals surface area contributed by atoms with Crippen LogP contribution in [-0.4, -0.2) is 17.2 Å². The Labute approximate surface area is 511 Å². The molecule has 0 N–H and O–H groups in total. The van der Waals surface area contributed by atoms with E-state index in [0.29, 0.717) is 0 Å². The summed E-state index contributed by atoms with van der Waals surface area (Å²) in [6.45, 7) is 0. The largest absolute Gasteiger partial charge is 0.456 e. The lowest BCUT2D eigenvalue weighted by Gasteiger charge is -2.36. The lowest BCUT2D eigenvalue weighted by atomic mass is 9.91. The molecular weight excluding hydrogens is 1080 g/mol. The van der Waals surface area contributed by atoms with Crippen molar-refractivity contribution >= 4 is 94.4 Å². The molecule has 0 spiro atoms. The molecule has 0 saturated heterocycles. The third-order valence-corrected chi connectivity index (χ3v) is 23.0. The van der Waals surface area contributed by atoms with Crippen molar-refractivity contribution in [1.29, 1.82) is 0 Å². The minimum absolute atomic E-state index is 0.884. The maximum Gasteiger partial charge on any atom is 0.179 e. The van der Waals surface area contributed by atoms with E-state index in [1.54, 1.807) is 0 Å². The summed E-state index contributed by atoms with van der Waals surface area (Å²) in [5, 5.41) is 12.3. The molecule has 88 heavy (non-hydrogen) atoms. The zero-order chi connectivity index (χ0) is 58.1. The normalized spacial score (nSPS) is 11.9. The smallest absolute Gasteiger partial charge is 0.179 e. The number of hydrogen-bond donors (Lipinski definition) is 0. The van der Waals surface area contributed by atoms with Gasteiger partial charge in [0, 0.05) is 54.7 Å². The van der Waals surface area contributed by atoms with Gasteiger partial charge in [0.15, 0.2) is 8.07 Å². The van der Waals surface area contributed by atoms with E-state index in [9.17, 15) is 0 Å². The molecule has 0 aliphatic carbocycles. The van der Waals surface area contributed by atoms with E-state index in [-0.39, 0.29) is 0 Å². The Morgan fingerprint density at radius 1 is 0.239 bits per heavy atom. The SMILES string of the molecule is c1ccc(-c2cccc([Si](c3ccccc3)(c3ccccc3)c3cc(-c4ccccc4)c(-n4c5ccccc5c5cc(-n6c7ccccc7c7cccc(-c8ccccc8-c8cccc9oc%10ccccc%10c89)c76)ccc54)c(-c4ccccc4)c3)c2)cc1. The van der Waals surface area contributed by atoms with E-state index < -0.39 is 8.07 Å². The lowest BCUT2D eigenvalue weighted by molar-refractivity contribution is 0.669. The number of para-hydroxylation sites is 4. The molecule has 0 aliphatic heterocycles. The molecule has 0 unspecified atom stereocenters. The van der Waals surface area contributed by atoms with Crippen LogP contribution in [0.1, 0.15) is 0 Å². The second kappa shape index (κ2) is 21.0. The molecule has 4 heteroatoms. The Balaban J connectivity index is 0.938. The molecule has 0 saturated carbocycles. The topological polar surface area (TPSA) is 23.0 Å². The predicted molar refractivity (Wildman–Crippen MR) is 373 cm³/mol. The van der Waals surface area contributed by atoms with Gasteiger partial charge in [-0.15, -0.1) is 0 Å². The molecule has 412 valence electrons. The fraction of sp³-hybridized carbons (Fsp3) is 0. The molecule has 3 aromatic heterocycles. The summed E-state index contributed by atoms with van der Waals surface area (Å²) in [7, 11) is -3.18. The van der Waals surface area contributed by atoms with Gasteiger partial charge in [0.05, 0.1) is 27.8 Å². The van der Waals surface area contributed by atoms with Crippen molar-refractivity contribution < 1.29 is 4.42 Å². The van der Waals surface area contributed by atoms with Crippen molar-refractivity contribution in [2.75, 3.05) is 0 Å². The average molecular weight is 1140 g/mol. The zero-order valence-corrected chi connectivity index (χ0v) is 49.1. The summed E-state index contributed by atoms with van der Waals surface area (Å²) in [6, 6.07) is 126. The highest BCUT2D eigenvalue weighted by Crippen LogP contribution is 2.47. The van der Waals surface area contributed by atoms with Crippen molar-refractivity contribution in [3.05, 3.63) is 340 Å². The summed E-state index contributed by atoms with van der Waals surface area (Å²) in [5.74, 6) is 0. The van der Waals surface area contributed by atoms with Gasteiger partial charge < -0.3 is 13.6 Å². The minimum Gasteiger partial charge on any atom is -0.456 e. The van der Waals surface area contributed by atoms with Gasteiger partial charge in [-0.3, -0.25) is 0 Å². The average Bonchev–Trinajstić information content (AvgIpc) is 1.61. The predicted octanol–water partition coefficient (Wildman–Crippen LogP) is 19.5. The number of nitrogens with zero attached hydrogens (tertiary/aromatic N) is 2. The van der Waals surface area contributed by atoms with Gasteiger partial charge in [0.25, 0.3) is 0 Å². The molecule has 0 atom stereocenters. The Morgan fingerprint density at radius 2 is 0.682 bits per heavy atom. The van der Waals surface area contributed by atoms with Crippen molar-refractivity contribution in [3.63, 3.8) is 0 Å². The highest BCUT2D eigenvalue weighted by atomic mass is 28.3. The molecule has 17 aromatic rings. The zero-order valence-electron chi connectivity index (χ0n) is 48.1. The van der Waals surface area contributed by atoms with Crippen LogP contribution in [0, 0.1) is 0 Å². The van der Waals surface area contributed by atoms with Gasteiger partial charge in [-0.25, -0.2) is 0 Å². The van der Waals surface area contributed by atoms with Crippen molar-refractivity contribution in [2.24, 2.45) is 0 Å². The molecule has 3 nitrogen and oxygen atoms in total. The first kappa shape index (κ1) is 51.1. The Bertz CT molecular complexity index is 5390. The molecular formula is C84H56N2OSi. The van der Waals surface area contributed by atoms with Gasteiger partial charge in [0.1, 0.15) is 11.2 Å². The van der Waals surface area contributed by atoms with Crippen molar-refractivity contribution in [2.45, 2.75) is 0 Å². The molecule has 0 radical (unpaired) electrons. The Hall–Kier alpha value is -11.3. The Morgan fingerprint density at radius 3 is 1.34 bits per heavy atom. The maximum absolute atomic E-state index is 6.48.